The molecule has 0 radical (unpaired) electrons. The van der Waals surface area contributed by atoms with E-state index in [1.165, 1.54) is 6.92 Å². The Hall–Kier alpha value is -3.01. The van der Waals surface area contributed by atoms with Gasteiger partial charge in [0, 0.05) is 39.8 Å². The third-order valence-corrected chi connectivity index (χ3v) is 3.95. The summed E-state index contributed by atoms with van der Waals surface area (Å²) in [6.07, 6.45) is -2.38. The Labute approximate surface area is 167 Å². The number of hydrogen-bond acceptors (Lipinski definition) is 9. The van der Waals surface area contributed by atoms with Crippen molar-refractivity contribution in [3.8, 4) is 0 Å². The minimum atomic E-state index is -1.36. The molecule has 1 aliphatic heterocycles. The number of rotatable bonds is 6. The van der Waals surface area contributed by atoms with Crippen LogP contribution in [0.5, 0.6) is 0 Å². The lowest BCUT2D eigenvalue weighted by Gasteiger charge is -2.42. The lowest BCUT2D eigenvalue weighted by molar-refractivity contribution is -0.707. The molecule has 1 aromatic rings. The topological polar surface area (TPSA) is 118 Å². The van der Waals surface area contributed by atoms with Gasteiger partial charge in [0.1, 0.15) is 0 Å². The van der Waals surface area contributed by atoms with Gasteiger partial charge in [-0.1, -0.05) is 6.07 Å². The molecule has 0 bridgehead atoms. The third-order valence-electron chi connectivity index (χ3n) is 3.95. The maximum Gasteiger partial charge on any atom is 0.305 e. The summed E-state index contributed by atoms with van der Waals surface area (Å²) in [5.41, 5.74) is 0. The van der Waals surface area contributed by atoms with Gasteiger partial charge in [-0.25, -0.2) is 4.57 Å². The van der Waals surface area contributed by atoms with Crippen LogP contribution in [0.3, 0.4) is 0 Å². The highest BCUT2D eigenvalue weighted by Gasteiger charge is 2.54. The first-order valence-electron chi connectivity index (χ1n) is 8.95. The van der Waals surface area contributed by atoms with Crippen LogP contribution in [0.4, 0.5) is 0 Å². The number of aromatic nitrogens is 1. The zero-order chi connectivity index (χ0) is 21.6. The summed E-state index contributed by atoms with van der Waals surface area (Å²) < 4.78 is 28.6. The predicted octanol–water partition coefficient (Wildman–Crippen LogP) is 0.0572. The number of hydrogen-bond donors (Lipinski definition) is 0. The minimum absolute atomic E-state index is 0.182. The molecule has 0 amide bonds. The first-order chi connectivity index (χ1) is 13.7. The Morgan fingerprint density at radius 3 is 1.72 bits per heavy atom. The summed E-state index contributed by atoms with van der Waals surface area (Å²) in [5, 5.41) is 0. The van der Waals surface area contributed by atoms with E-state index in [2.05, 4.69) is 0 Å². The predicted molar refractivity (Wildman–Crippen MR) is 93.7 cm³/mol. The smallest absolute Gasteiger partial charge is 0.305 e. The number of carbonyl (C=O) groups is 4. The van der Waals surface area contributed by atoms with Crippen molar-refractivity contribution in [3.63, 3.8) is 0 Å². The molecule has 1 saturated heterocycles. The van der Waals surface area contributed by atoms with E-state index in [0.29, 0.717) is 0 Å². The molecule has 1 fully saturated rings. The largest absolute Gasteiger partial charge is 0.455 e. The number of nitrogens with zero attached hydrogens (tertiary/aromatic N) is 1. The SMILES string of the molecule is CC(=O)O[C@@H]1O[C@H](C[n+]2ccccc2)[C@@H](OC(C)=O)[C@H](OC(C)=O)[C@H]1OC(C)=O. The second-order valence-electron chi connectivity index (χ2n) is 6.45. The van der Waals surface area contributed by atoms with E-state index in [0.717, 1.165) is 20.8 Å². The molecule has 1 aromatic heterocycles. The second kappa shape index (κ2) is 9.97. The van der Waals surface area contributed by atoms with Crippen molar-refractivity contribution in [3.05, 3.63) is 30.6 Å². The van der Waals surface area contributed by atoms with Crippen molar-refractivity contribution in [2.24, 2.45) is 0 Å². The quantitative estimate of drug-likeness (QED) is 0.364. The van der Waals surface area contributed by atoms with Gasteiger partial charge < -0.3 is 23.7 Å². The van der Waals surface area contributed by atoms with Gasteiger partial charge >= 0.3 is 23.9 Å². The van der Waals surface area contributed by atoms with Gasteiger partial charge in [0.15, 0.2) is 37.3 Å². The Balaban J connectivity index is 2.44. The molecule has 0 aromatic carbocycles. The van der Waals surface area contributed by atoms with Crippen LogP contribution in [0.2, 0.25) is 0 Å². The number of ether oxygens (including phenoxy) is 5. The van der Waals surface area contributed by atoms with E-state index >= 15 is 0 Å². The third kappa shape index (κ3) is 6.53. The standard InChI is InChI=1S/C19H24NO9/c1-11(21)25-16-15(10-20-8-6-5-7-9-20)29-19(28-14(4)24)18(27-13(3)23)17(16)26-12(2)22/h5-9,15-19H,10H2,1-4H3/q+1/t15-,16-,17+,18-,19-/m1/s1. The highest BCUT2D eigenvalue weighted by Crippen LogP contribution is 2.29. The zero-order valence-electron chi connectivity index (χ0n) is 16.6. The van der Waals surface area contributed by atoms with E-state index in [-0.39, 0.29) is 6.54 Å². The number of esters is 4. The van der Waals surface area contributed by atoms with Crippen LogP contribution in [0, 0.1) is 0 Å². The lowest BCUT2D eigenvalue weighted by Crippen LogP contribution is -2.64. The molecule has 158 valence electrons. The van der Waals surface area contributed by atoms with Crippen LogP contribution in [0.25, 0.3) is 0 Å². The number of carbonyl (C=O) groups excluding carboxylic acids is 4. The van der Waals surface area contributed by atoms with Crippen LogP contribution in [0.1, 0.15) is 27.7 Å². The van der Waals surface area contributed by atoms with Gasteiger partial charge in [0.2, 0.25) is 12.4 Å². The van der Waals surface area contributed by atoms with Crippen molar-refractivity contribution in [1.29, 1.82) is 0 Å². The van der Waals surface area contributed by atoms with Crippen molar-refractivity contribution < 1.29 is 47.4 Å². The molecule has 1 aliphatic rings. The van der Waals surface area contributed by atoms with Crippen molar-refractivity contribution in [2.45, 2.75) is 64.9 Å². The number of pyridine rings is 1. The molecule has 0 spiro atoms. The van der Waals surface area contributed by atoms with Crippen molar-refractivity contribution in [2.75, 3.05) is 0 Å². The molecule has 0 aliphatic carbocycles. The summed E-state index contributed by atoms with van der Waals surface area (Å²) in [5.74, 6) is -2.75. The maximum atomic E-state index is 11.7. The fourth-order valence-corrected chi connectivity index (χ4v) is 3.02. The molecule has 2 heterocycles. The van der Waals surface area contributed by atoms with Gasteiger partial charge in [-0.2, -0.15) is 0 Å². The fourth-order valence-electron chi connectivity index (χ4n) is 3.02. The van der Waals surface area contributed by atoms with Crippen LogP contribution in [-0.2, 0) is 49.4 Å². The minimum Gasteiger partial charge on any atom is -0.455 e. The molecule has 10 nitrogen and oxygen atoms in total. The first kappa shape index (κ1) is 22.3. The summed E-state index contributed by atoms with van der Waals surface area (Å²) in [7, 11) is 0. The highest BCUT2D eigenvalue weighted by atomic mass is 16.7. The van der Waals surface area contributed by atoms with E-state index in [1.807, 2.05) is 6.07 Å². The Morgan fingerprint density at radius 2 is 1.21 bits per heavy atom. The second-order valence-corrected chi connectivity index (χ2v) is 6.45. The molecule has 29 heavy (non-hydrogen) atoms. The average molecular weight is 410 g/mol. The summed E-state index contributed by atoms with van der Waals surface area (Å²) in [6.45, 7) is 4.83. The summed E-state index contributed by atoms with van der Waals surface area (Å²) in [4.78, 5) is 46.6. The van der Waals surface area contributed by atoms with Gasteiger partial charge in [-0.05, 0) is 0 Å². The molecule has 0 unspecified atom stereocenters. The molecule has 2 rings (SSSR count). The van der Waals surface area contributed by atoms with E-state index < -0.39 is 54.6 Å². The average Bonchev–Trinajstić information content (AvgIpc) is 2.60. The first-order valence-corrected chi connectivity index (χ1v) is 8.95. The maximum absolute atomic E-state index is 11.7. The molecule has 0 saturated carbocycles. The van der Waals surface area contributed by atoms with Crippen molar-refractivity contribution in [1.82, 2.24) is 0 Å². The van der Waals surface area contributed by atoms with Gasteiger partial charge in [-0.15, -0.1) is 0 Å². The van der Waals surface area contributed by atoms with Gasteiger partial charge in [0.05, 0.1) is 0 Å². The van der Waals surface area contributed by atoms with Gasteiger partial charge in [0.25, 0.3) is 0 Å². The molecule has 0 N–H and O–H groups in total. The summed E-state index contributed by atoms with van der Waals surface area (Å²) in [6, 6.07) is 5.40. The lowest BCUT2D eigenvalue weighted by atomic mass is 9.97. The normalized spacial score (nSPS) is 26.1. The summed E-state index contributed by atoms with van der Waals surface area (Å²) >= 11 is 0. The van der Waals surface area contributed by atoms with E-state index in [4.69, 9.17) is 23.7 Å². The van der Waals surface area contributed by atoms with Crippen LogP contribution in [-0.4, -0.2) is 54.6 Å². The Kier molecular flexibility index (Phi) is 7.66. The molecular weight excluding hydrogens is 386 g/mol. The fraction of sp³-hybridized carbons (Fsp3) is 0.526. The Morgan fingerprint density at radius 1 is 0.724 bits per heavy atom. The Bertz CT molecular complexity index is 751. The van der Waals surface area contributed by atoms with Crippen LogP contribution >= 0.6 is 0 Å². The zero-order valence-corrected chi connectivity index (χ0v) is 16.6. The molecule has 10 heteroatoms. The van der Waals surface area contributed by atoms with E-state index in [1.54, 1.807) is 29.1 Å². The van der Waals surface area contributed by atoms with Gasteiger partial charge in [-0.3, -0.25) is 19.2 Å². The van der Waals surface area contributed by atoms with Crippen LogP contribution in [0.15, 0.2) is 30.6 Å². The molecular formula is C19H24NO9+. The van der Waals surface area contributed by atoms with Crippen LogP contribution < -0.4 is 4.57 Å². The monoisotopic (exact) mass is 410 g/mol. The highest BCUT2D eigenvalue weighted by molar-refractivity contribution is 5.69. The van der Waals surface area contributed by atoms with Crippen molar-refractivity contribution >= 4 is 23.9 Å². The molecule has 5 atom stereocenters. The van der Waals surface area contributed by atoms with E-state index in [9.17, 15) is 19.2 Å².